The van der Waals surface area contributed by atoms with Gasteiger partial charge in [0.1, 0.15) is 17.9 Å². The van der Waals surface area contributed by atoms with Gasteiger partial charge in [-0.25, -0.2) is 9.18 Å². The van der Waals surface area contributed by atoms with Gasteiger partial charge in [0.25, 0.3) is 0 Å². The van der Waals surface area contributed by atoms with E-state index in [1.807, 2.05) is 49.4 Å². The first kappa shape index (κ1) is 24.5. The minimum atomic E-state index is -0.642. The Bertz CT molecular complexity index is 1220. The maximum absolute atomic E-state index is 14.6. The Balaban J connectivity index is 1.38. The molecule has 1 aliphatic carbocycles. The fourth-order valence-electron chi connectivity index (χ4n) is 4.53. The van der Waals surface area contributed by atoms with Crippen LogP contribution in [0.3, 0.4) is 0 Å². The zero-order valence-electron chi connectivity index (χ0n) is 20.1. The predicted molar refractivity (Wildman–Crippen MR) is 129 cm³/mol. The maximum atomic E-state index is 14.6. The predicted octanol–water partition coefficient (Wildman–Crippen LogP) is 5.85. The van der Waals surface area contributed by atoms with Crippen molar-refractivity contribution in [2.75, 3.05) is 14.2 Å². The van der Waals surface area contributed by atoms with E-state index in [-0.39, 0.29) is 35.7 Å². The van der Waals surface area contributed by atoms with Crippen molar-refractivity contribution in [2.24, 2.45) is 5.41 Å². The standard InChI is InChI=1S/C28H29FO6/c1-28(27(31)34-17-19-9-6-8-18-7-4-5-10-21(18)19)13-11-20(12-14-28)35-25-15-22(26(30)33-3)24(32-2)16-23(25)29/h4-10,15-16,20H,11-14,17H2,1-3H3/t20-,28+. The number of benzene rings is 3. The van der Waals surface area contributed by atoms with Gasteiger partial charge in [0, 0.05) is 12.1 Å². The van der Waals surface area contributed by atoms with E-state index < -0.39 is 17.2 Å². The van der Waals surface area contributed by atoms with Gasteiger partial charge in [0.15, 0.2) is 11.6 Å². The minimum Gasteiger partial charge on any atom is -0.496 e. The minimum absolute atomic E-state index is 0.0432. The van der Waals surface area contributed by atoms with Crippen molar-refractivity contribution < 1.29 is 32.9 Å². The van der Waals surface area contributed by atoms with Crippen molar-refractivity contribution in [2.45, 2.75) is 45.3 Å². The van der Waals surface area contributed by atoms with Gasteiger partial charge in [-0.05, 0) is 48.9 Å². The average molecular weight is 481 g/mol. The third-order valence-corrected chi connectivity index (χ3v) is 6.72. The molecule has 1 fully saturated rings. The highest BCUT2D eigenvalue weighted by molar-refractivity contribution is 5.93. The van der Waals surface area contributed by atoms with E-state index in [4.69, 9.17) is 18.9 Å². The van der Waals surface area contributed by atoms with Crippen LogP contribution in [0.5, 0.6) is 11.5 Å². The molecule has 3 aromatic rings. The summed E-state index contributed by atoms with van der Waals surface area (Å²) in [5.41, 5.74) is 0.414. The lowest BCUT2D eigenvalue weighted by atomic mass is 9.74. The molecular weight excluding hydrogens is 451 g/mol. The highest BCUT2D eigenvalue weighted by Gasteiger charge is 2.40. The van der Waals surface area contributed by atoms with Crippen LogP contribution in [0, 0.1) is 11.2 Å². The first-order chi connectivity index (χ1) is 16.8. The van der Waals surface area contributed by atoms with E-state index in [1.165, 1.54) is 20.3 Å². The topological polar surface area (TPSA) is 71.1 Å². The summed E-state index contributed by atoms with van der Waals surface area (Å²) in [4.78, 5) is 25.0. The summed E-state index contributed by atoms with van der Waals surface area (Å²) in [5.74, 6) is -1.48. The number of methoxy groups -OCH3 is 2. The zero-order valence-corrected chi connectivity index (χ0v) is 20.1. The number of fused-ring (bicyclic) bond motifs is 1. The van der Waals surface area contributed by atoms with Crippen molar-refractivity contribution in [3.8, 4) is 11.5 Å². The number of esters is 2. The number of carbonyl (C=O) groups is 2. The Morgan fingerprint density at radius 1 is 1.00 bits per heavy atom. The molecule has 184 valence electrons. The number of hydrogen-bond acceptors (Lipinski definition) is 6. The lowest BCUT2D eigenvalue weighted by molar-refractivity contribution is -0.159. The van der Waals surface area contributed by atoms with Crippen molar-refractivity contribution in [3.05, 3.63) is 71.5 Å². The van der Waals surface area contributed by atoms with Crippen LogP contribution in [0.1, 0.15) is 48.5 Å². The first-order valence-corrected chi connectivity index (χ1v) is 11.6. The fraction of sp³-hybridized carbons (Fsp3) is 0.357. The van der Waals surface area contributed by atoms with E-state index in [0.717, 1.165) is 22.4 Å². The molecule has 1 aliphatic rings. The summed E-state index contributed by atoms with van der Waals surface area (Å²) in [5, 5.41) is 2.17. The third kappa shape index (κ3) is 5.24. The Morgan fingerprint density at radius 3 is 2.43 bits per heavy atom. The van der Waals surface area contributed by atoms with E-state index in [1.54, 1.807) is 0 Å². The molecule has 4 rings (SSSR count). The van der Waals surface area contributed by atoms with E-state index in [0.29, 0.717) is 25.7 Å². The van der Waals surface area contributed by atoms with Crippen molar-refractivity contribution >= 4 is 22.7 Å². The molecule has 3 aromatic carbocycles. The van der Waals surface area contributed by atoms with Crippen LogP contribution in [-0.2, 0) is 20.9 Å². The van der Waals surface area contributed by atoms with Gasteiger partial charge in [0.05, 0.1) is 25.7 Å². The molecular formula is C28H29FO6. The van der Waals surface area contributed by atoms with Crippen LogP contribution in [0.2, 0.25) is 0 Å². The van der Waals surface area contributed by atoms with E-state index >= 15 is 0 Å². The summed E-state index contributed by atoms with van der Waals surface area (Å²) < 4.78 is 36.0. The van der Waals surface area contributed by atoms with Gasteiger partial charge in [-0.1, -0.05) is 42.5 Å². The smallest absolute Gasteiger partial charge is 0.341 e. The number of ether oxygens (including phenoxy) is 4. The second-order valence-electron chi connectivity index (χ2n) is 9.07. The first-order valence-electron chi connectivity index (χ1n) is 11.6. The van der Waals surface area contributed by atoms with Crippen LogP contribution >= 0.6 is 0 Å². The normalized spacial score (nSPS) is 19.7. The molecule has 6 nitrogen and oxygen atoms in total. The van der Waals surface area contributed by atoms with Crippen LogP contribution in [-0.4, -0.2) is 32.3 Å². The molecule has 35 heavy (non-hydrogen) atoms. The Hall–Kier alpha value is -3.61. The molecule has 7 heteroatoms. The number of halogens is 1. The van der Waals surface area contributed by atoms with Gasteiger partial charge in [0.2, 0.25) is 0 Å². The molecule has 0 atom stereocenters. The molecule has 1 saturated carbocycles. The average Bonchev–Trinajstić information content (AvgIpc) is 2.88. The monoisotopic (exact) mass is 480 g/mol. The van der Waals surface area contributed by atoms with Gasteiger partial charge in [-0.2, -0.15) is 0 Å². The van der Waals surface area contributed by atoms with Gasteiger partial charge in [-0.15, -0.1) is 0 Å². The molecule has 0 amide bonds. The van der Waals surface area contributed by atoms with Crippen LogP contribution in [0.15, 0.2) is 54.6 Å². The molecule has 0 saturated heterocycles. The summed E-state index contributed by atoms with van der Waals surface area (Å²) in [6, 6.07) is 16.4. The Labute approximate surface area is 203 Å². The summed E-state index contributed by atoms with van der Waals surface area (Å²) in [6.45, 7) is 2.11. The van der Waals surface area contributed by atoms with Gasteiger partial charge in [-0.3, -0.25) is 4.79 Å². The van der Waals surface area contributed by atoms with Gasteiger partial charge < -0.3 is 18.9 Å². The fourth-order valence-corrected chi connectivity index (χ4v) is 4.53. The zero-order chi connectivity index (χ0) is 25.0. The highest BCUT2D eigenvalue weighted by atomic mass is 19.1. The van der Waals surface area contributed by atoms with Gasteiger partial charge >= 0.3 is 11.9 Å². The van der Waals surface area contributed by atoms with E-state index in [2.05, 4.69) is 0 Å². The summed E-state index contributed by atoms with van der Waals surface area (Å²) in [6.07, 6.45) is 1.92. The number of rotatable bonds is 7. The quantitative estimate of drug-likeness (QED) is 0.396. The second-order valence-corrected chi connectivity index (χ2v) is 9.07. The Kier molecular flexibility index (Phi) is 7.24. The van der Waals surface area contributed by atoms with Crippen molar-refractivity contribution in [3.63, 3.8) is 0 Å². The maximum Gasteiger partial charge on any atom is 0.341 e. The third-order valence-electron chi connectivity index (χ3n) is 6.72. The lowest BCUT2D eigenvalue weighted by Gasteiger charge is -2.35. The largest absolute Gasteiger partial charge is 0.496 e. The van der Waals surface area contributed by atoms with Crippen LogP contribution in [0.25, 0.3) is 10.8 Å². The lowest BCUT2D eigenvalue weighted by Crippen LogP contribution is -2.37. The molecule has 0 aliphatic heterocycles. The summed E-state index contributed by atoms with van der Waals surface area (Å²) >= 11 is 0. The Morgan fingerprint density at radius 2 is 1.71 bits per heavy atom. The molecule has 0 unspecified atom stereocenters. The molecule has 0 heterocycles. The molecule has 0 spiro atoms. The molecule has 0 aromatic heterocycles. The van der Waals surface area contributed by atoms with Crippen molar-refractivity contribution in [1.82, 2.24) is 0 Å². The summed E-state index contributed by atoms with van der Waals surface area (Å²) in [7, 11) is 2.59. The molecule has 0 radical (unpaired) electrons. The molecule has 0 bridgehead atoms. The van der Waals surface area contributed by atoms with Crippen molar-refractivity contribution in [1.29, 1.82) is 0 Å². The SMILES string of the molecule is COC(=O)c1cc(O[C@H]2CC[C@@](C)(C(=O)OCc3cccc4ccccc34)CC2)c(F)cc1OC. The number of hydrogen-bond donors (Lipinski definition) is 0. The highest BCUT2D eigenvalue weighted by Crippen LogP contribution is 2.39. The van der Waals surface area contributed by atoms with E-state index in [9.17, 15) is 14.0 Å². The number of carbonyl (C=O) groups excluding carboxylic acids is 2. The second kappa shape index (κ2) is 10.3. The van der Waals surface area contributed by atoms with Crippen LogP contribution in [0.4, 0.5) is 4.39 Å². The molecule has 0 N–H and O–H groups in total. The van der Waals surface area contributed by atoms with Crippen LogP contribution < -0.4 is 9.47 Å².